The van der Waals surface area contributed by atoms with Gasteiger partial charge in [-0.2, -0.15) is 0 Å². The number of hydrogen-bond donors (Lipinski definition) is 5. The first-order valence-corrected chi connectivity index (χ1v) is 2.11. The monoisotopic (exact) mass is 135 g/mol. The maximum absolute atomic E-state index is 6.69. The van der Waals surface area contributed by atoms with Gasteiger partial charge in [-0.1, -0.05) is 0 Å². The third kappa shape index (κ3) is 3.23. The van der Waals surface area contributed by atoms with E-state index in [9.17, 15) is 0 Å². The van der Waals surface area contributed by atoms with Crippen LogP contribution in [-0.4, -0.2) is 11.9 Å². The molecular weight excluding hydrogens is 130 g/mol. The molecule has 0 saturated carbocycles. The summed E-state index contributed by atoms with van der Waals surface area (Å²) in [6.45, 7) is 0. The Kier molecular flexibility index (Phi) is 2.71. The van der Waals surface area contributed by atoms with Crippen LogP contribution in [0.15, 0.2) is 0 Å². The third-order valence-electron chi connectivity index (χ3n) is 0.354. The lowest BCUT2D eigenvalue weighted by atomic mass is 10.9. The van der Waals surface area contributed by atoms with Gasteiger partial charge in [0.25, 0.3) is 0 Å². The molecule has 0 spiro atoms. The summed E-state index contributed by atoms with van der Waals surface area (Å²) in [7, 11) is 0. The largest absolute Gasteiger partial charge is 0.370 e. The molecule has 0 aromatic heterocycles. The Bertz CT molecular complexity index is 109. The molecule has 0 aliphatic rings. The molecule has 46 valence electrons. The van der Waals surface area contributed by atoms with Crippen molar-refractivity contribution in [1.82, 2.24) is 10.2 Å². The second kappa shape index (κ2) is 3.09. The van der Waals surface area contributed by atoms with Crippen LogP contribution in [0.2, 0.25) is 0 Å². The highest BCUT2D eigenvalue weighted by molar-refractivity contribution is 6.22. The number of rotatable bonds is 0. The van der Waals surface area contributed by atoms with Gasteiger partial charge in [-0.3, -0.25) is 21.0 Å². The van der Waals surface area contributed by atoms with E-state index in [1.165, 1.54) is 0 Å². The smallest absolute Gasteiger partial charge is 0.210 e. The summed E-state index contributed by atoms with van der Waals surface area (Å²) in [5.41, 5.74) is 4.80. The van der Waals surface area contributed by atoms with E-state index in [0.29, 0.717) is 0 Å². The van der Waals surface area contributed by atoms with E-state index in [2.05, 4.69) is 5.32 Å². The van der Waals surface area contributed by atoms with Gasteiger partial charge in [0.2, 0.25) is 5.96 Å². The molecule has 5 nitrogen and oxygen atoms in total. The summed E-state index contributed by atoms with van der Waals surface area (Å²) in [5.74, 6) is -0.526. The average molecular weight is 136 g/mol. The van der Waals surface area contributed by atoms with Crippen molar-refractivity contribution < 1.29 is 0 Å². The van der Waals surface area contributed by atoms with Gasteiger partial charge in [0.1, 0.15) is 0 Å². The third-order valence-corrected chi connectivity index (χ3v) is 0.543. The van der Waals surface area contributed by atoms with Crippen LogP contribution < -0.4 is 15.9 Å². The highest BCUT2D eigenvalue weighted by Gasteiger charge is 1.89. The zero-order valence-corrected chi connectivity index (χ0v) is 4.71. The molecule has 6 N–H and O–H groups in total. The van der Waals surface area contributed by atoms with Gasteiger partial charge in [0, 0.05) is 11.8 Å². The van der Waals surface area contributed by atoms with Crippen molar-refractivity contribution >= 4 is 23.7 Å². The number of nitrogens with two attached hydrogens (primary N) is 1. The summed E-state index contributed by atoms with van der Waals surface area (Å²) in [5, 5.41) is 15.3. The lowest BCUT2D eigenvalue weighted by Gasteiger charge is -1.99. The molecule has 0 aliphatic heterocycles. The lowest BCUT2D eigenvalue weighted by Crippen LogP contribution is -2.39. The van der Waals surface area contributed by atoms with E-state index in [1.54, 1.807) is 0 Å². The zero-order valence-electron chi connectivity index (χ0n) is 3.96. The fourth-order valence-corrected chi connectivity index (χ4v) is 0.206. The Hall–Kier alpha value is -0.970. The second-order valence-electron chi connectivity index (χ2n) is 1.01. The summed E-state index contributed by atoms with van der Waals surface area (Å²) < 4.78 is 0. The Morgan fingerprint density at radius 1 is 1.50 bits per heavy atom. The Morgan fingerprint density at radius 2 is 2.00 bits per heavy atom. The first-order valence-electron chi connectivity index (χ1n) is 1.73. The van der Waals surface area contributed by atoms with Crippen LogP contribution in [0.25, 0.3) is 0 Å². The van der Waals surface area contributed by atoms with Crippen LogP contribution in [0.4, 0.5) is 0 Å². The maximum atomic E-state index is 6.69. The predicted molar refractivity (Wildman–Crippen MR) is 31.8 cm³/mol. The predicted octanol–water partition coefficient (Wildman–Crippen LogP) is -0.852. The first-order chi connectivity index (χ1) is 3.66. The van der Waals surface area contributed by atoms with Crippen molar-refractivity contribution in [2.45, 2.75) is 0 Å². The van der Waals surface area contributed by atoms with Crippen molar-refractivity contribution in [3.8, 4) is 0 Å². The molecule has 0 unspecified atom stereocenters. The van der Waals surface area contributed by atoms with E-state index in [1.807, 2.05) is 4.84 Å². The van der Waals surface area contributed by atoms with Crippen LogP contribution in [0.1, 0.15) is 0 Å². The Balaban J connectivity index is 3.40. The Morgan fingerprint density at radius 3 is 2.12 bits per heavy atom. The number of halogens is 1. The molecule has 0 bridgehead atoms. The highest BCUT2D eigenvalue weighted by atomic mass is 35.5. The summed E-state index contributed by atoms with van der Waals surface area (Å²) >= 11 is 4.91. The first kappa shape index (κ1) is 7.03. The van der Waals surface area contributed by atoms with Gasteiger partial charge in [0.05, 0.1) is 0 Å². The van der Waals surface area contributed by atoms with E-state index in [-0.39, 0.29) is 11.9 Å². The quantitative estimate of drug-likeness (QED) is 0.170. The number of guanidine groups is 2. The van der Waals surface area contributed by atoms with Crippen molar-refractivity contribution in [2.24, 2.45) is 5.73 Å². The van der Waals surface area contributed by atoms with Crippen molar-refractivity contribution in [3.63, 3.8) is 0 Å². The van der Waals surface area contributed by atoms with E-state index < -0.39 is 0 Å². The van der Waals surface area contributed by atoms with E-state index in [4.69, 9.17) is 28.3 Å². The average Bonchev–Trinajstić information content (AvgIpc) is 1.65. The van der Waals surface area contributed by atoms with Crippen LogP contribution >= 0.6 is 11.8 Å². The maximum Gasteiger partial charge on any atom is 0.210 e. The summed E-state index contributed by atoms with van der Waals surface area (Å²) in [6.07, 6.45) is 0. The molecule has 6 heteroatoms. The topological polar surface area (TPSA) is 97.8 Å². The fourth-order valence-electron chi connectivity index (χ4n) is 0.158. The fraction of sp³-hybridized carbons (Fsp3) is 0. The second-order valence-corrected chi connectivity index (χ2v) is 1.20. The zero-order chi connectivity index (χ0) is 6.57. The van der Waals surface area contributed by atoms with Crippen molar-refractivity contribution in [3.05, 3.63) is 0 Å². The van der Waals surface area contributed by atoms with Crippen LogP contribution in [0, 0.1) is 10.8 Å². The van der Waals surface area contributed by atoms with Gasteiger partial charge < -0.3 is 5.73 Å². The Labute approximate surface area is 51.3 Å². The SMILES string of the molecule is N=C(N)NC(=N)NCl. The van der Waals surface area contributed by atoms with E-state index in [0.717, 1.165) is 0 Å². The lowest BCUT2D eigenvalue weighted by molar-refractivity contribution is 1.15. The number of nitrogens with one attached hydrogen (secondary N) is 4. The molecule has 0 heterocycles. The van der Waals surface area contributed by atoms with Crippen LogP contribution in [0.3, 0.4) is 0 Å². The van der Waals surface area contributed by atoms with E-state index >= 15 is 0 Å². The molecule has 0 aromatic carbocycles. The van der Waals surface area contributed by atoms with Crippen LogP contribution in [-0.2, 0) is 0 Å². The minimum atomic E-state index is -0.317. The standard InChI is InChI=1S/C2H6ClN5/c3-8-2(6)7-1(4)5/h(H6,4,5,6,7,8). The molecular formula is C2H6ClN5. The van der Waals surface area contributed by atoms with Crippen LogP contribution in [0.5, 0.6) is 0 Å². The normalized spacial score (nSPS) is 7.62. The summed E-state index contributed by atoms with van der Waals surface area (Å²) in [6, 6.07) is 0. The molecule has 0 fully saturated rings. The molecule has 8 heavy (non-hydrogen) atoms. The van der Waals surface area contributed by atoms with Gasteiger partial charge in [-0.15, -0.1) is 0 Å². The van der Waals surface area contributed by atoms with Crippen molar-refractivity contribution in [1.29, 1.82) is 10.8 Å². The minimum Gasteiger partial charge on any atom is -0.370 e. The molecule has 0 atom stereocenters. The van der Waals surface area contributed by atoms with Crippen molar-refractivity contribution in [2.75, 3.05) is 0 Å². The molecule has 0 aromatic rings. The number of hydrogen-bond acceptors (Lipinski definition) is 2. The minimum absolute atomic E-state index is 0.209. The molecule has 0 radical (unpaired) electrons. The highest BCUT2D eigenvalue weighted by Crippen LogP contribution is 1.59. The van der Waals surface area contributed by atoms with Gasteiger partial charge in [0.15, 0.2) is 5.96 Å². The van der Waals surface area contributed by atoms with Gasteiger partial charge in [-0.05, 0) is 0 Å². The molecule has 0 amide bonds. The molecule has 0 rings (SSSR count). The molecule has 0 saturated heterocycles. The summed E-state index contributed by atoms with van der Waals surface area (Å²) in [4.78, 5) is 1.92. The molecule has 0 aliphatic carbocycles. The van der Waals surface area contributed by atoms with Gasteiger partial charge >= 0.3 is 0 Å². The van der Waals surface area contributed by atoms with Gasteiger partial charge in [-0.25, -0.2) is 0 Å².